The number of unbranched alkanes of at least 4 members (excludes halogenated alkanes) is 2. The van der Waals surface area contributed by atoms with Crippen molar-refractivity contribution in [3.63, 3.8) is 0 Å². The van der Waals surface area contributed by atoms with Gasteiger partial charge in [0.05, 0.1) is 6.61 Å². The Kier molecular flexibility index (Phi) is 8.89. The molecule has 166 valence electrons. The van der Waals surface area contributed by atoms with E-state index in [9.17, 15) is 9.59 Å². The van der Waals surface area contributed by atoms with Gasteiger partial charge in [-0.05, 0) is 79.9 Å². The summed E-state index contributed by atoms with van der Waals surface area (Å²) in [6, 6.07) is 19.1. The van der Waals surface area contributed by atoms with E-state index < -0.39 is 0 Å². The fraction of sp³-hybridized carbons (Fsp3) is 0.208. The number of anilines is 3. The molecule has 3 aromatic rings. The molecule has 0 fully saturated rings. The number of rotatable bonds is 10. The van der Waals surface area contributed by atoms with Gasteiger partial charge in [0.15, 0.2) is 0 Å². The standard InChI is InChI=1S/C24H25ClN4O3/c25-18-8-10-19(11-9-18)27-24(31)28-20-12-14-21(15-13-20)32-17-5-1-2-7-23(30)29-22-6-3-4-16-26-22/h3-4,6,8-16H,1-2,5,7,17H2,(H,26,29,30)(H2,27,28,31). The molecule has 0 aliphatic rings. The van der Waals surface area contributed by atoms with Gasteiger partial charge in [-0.25, -0.2) is 9.78 Å². The van der Waals surface area contributed by atoms with Gasteiger partial charge in [0.1, 0.15) is 11.6 Å². The zero-order valence-corrected chi connectivity index (χ0v) is 18.3. The average Bonchev–Trinajstić information content (AvgIpc) is 2.79. The maximum atomic E-state index is 12.1. The molecule has 1 heterocycles. The number of nitrogens with one attached hydrogen (secondary N) is 3. The van der Waals surface area contributed by atoms with Crippen molar-refractivity contribution in [2.24, 2.45) is 0 Å². The third-order valence-corrected chi connectivity index (χ3v) is 4.72. The van der Waals surface area contributed by atoms with E-state index in [0.717, 1.165) is 25.0 Å². The normalized spacial score (nSPS) is 10.3. The van der Waals surface area contributed by atoms with E-state index in [1.807, 2.05) is 6.07 Å². The highest BCUT2D eigenvalue weighted by Crippen LogP contribution is 2.18. The maximum absolute atomic E-state index is 12.1. The summed E-state index contributed by atoms with van der Waals surface area (Å²) in [4.78, 5) is 28.0. The van der Waals surface area contributed by atoms with E-state index in [1.165, 1.54) is 0 Å². The molecule has 0 aliphatic carbocycles. The number of amides is 3. The lowest BCUT2D eigenvalue weighted by atomic mass is 10.2. The molecule has 0 aliphatic heterocycles. The Morgan fingerprint density at radius 1 is 0.812 bits per heavy atom. The largest absolute Gasteiger partial charge is 0.494 e. The van der Waals surface area contributed by atoms with Gasteiger partial charge in [-0.1, -0.05) is 17.7 Å². The summed E-state index contributed by atoms with van der Waals surface area (Å²) in [5.74, 6) is 1.26. The van der Waals surface area contributed by atoms with E-state index in [4.69, 9.17) is 16.3 Å². The van der Waals surface area contributed by atoms with Gasteiger partial charge in [-0.2, -0.15) is 0 Å². The molecule has 0 saturated carbocycles. The predicted molar refractivity (Wildman–Crippen MR) is 127 cm³/mol. The fourth-order valence-corrected chi connectivity index (χ4v) is 2.98. The summed E-state index contributed by atoms with van der Waals surface area (Å²) >= 11 is 5.84. The number of benzene rings is 2. The second-order valence-corrected chi connectivity index (χ2v) is 7.47. The number of carbonyl (C=O) groups is 2. The Labute approximate surface area is 192 Å². The Morgan fingerprint density at radius 3 is 2.16 bits per heavy atom. The van der Waals surface area contributed by atoms with Gasteiger partial charge < -0.3 is 20.7 Å². The number of hydrogen-bond donors (Lipinski definition) is 3. The monoisotopic (exact) mass is 452 g/mol. The summed E-state index contributed by atoms with van der Waals surface area (Å²) in [5, 5.41) is 8.88. The summed E-state index contributed by atoms with van der Waals surface area (Å²) < 4.78 is 5.72. The van der Waals surface area contributed by atoms with Gasteiger partial charge in [0, 0.05) is 29.0 Å². The van der Waals surface area contributed by atoms with E-state index in [2.05, 4.69) is 20.9 Å². The molecule has 0 unspecified atom stereocenters. The van der Waals surface area contributed by atoms with Crippen LogP contribution < -0.4 is 20.7 Å². The number of ether oxygens (including phenoxy) is 1. The number of carbonyl (C=O) groups excluding carboxylic acids is 2. The number of halogens is 1. The molecule has 1 aromatic heterocycles. The van der Waals surface area contributed by atoms with Crippen molar-refractivity contribution in [3.8, 4) is 5.75 Å². The highest BCUT2D eigenvalue weighted by atomic mass is 35.5. The molecule has 8 heteroatoms. The van der Waals surface area contributed by atoms with Crippen molar-refractivity contribution in [3.05, 3.63) is 77.9 Å². The quantitative estimate of drug-likeness (QED) is 0.331. The molecular formula is C24H25ClN4O3. The van der Waals surface area contributed by atoms with Crippen molar-refractivity contribution < 1.29 is 14.3 Å². The zero-order valence-electron chi connectivity index (χ0n) is 17.5. The zero-order chi connectivity index (χ0) is 22.6. The van der Waals surface area contributed by atoms with Crippen molar-refractivity contribution >= 4 is 40.7 Å². The smallest absolute Gasteiger partial charge is 0.323 e. The van der Waals surface area contributed by atoms with E-state index >= 15 is 0 Å². The number of nitrogens with zero attached hydrogens (tertiary/aromatic N) is 1. The van der Waals surface area contributed by atoms with Crippen LogP contribution in [0.2, 0.25) is 5.02 Å². The van der Waals surface area contributed by atoms with Crippen molar-refractivity contribution in [2.75, 3.05) is 22.6 Å². The van der Waals surface area contributed by atoms with Crippen LogP contribution in [0.3, 0.4) is 0 Å². The molecule has 0 bridgehead atoms. The Hall–Kier alpha value is -3.58. The van der Waals surface area contributed by atoms with E-state index in [-0.39, 0.29) is 11.9 Å². The lowest BCUT2D eigenvalue weighted by molar-refractivity contribution is -0.116. The summed E-state index contributed by atoms with van der Waals surface area (Å²) in [5.41, 5.74) is 1.31. The van der Waals surface area contributed by atoms with Crippen LogP contribution in [0.15, 0.2) is 72.9 Å². The van der Waals surface area contributed by atoms with Gasteiger partial charge in [-0.15, -0.1) is 0 Å². The lowest BCUT2D eigenvalue weighted by Crippen LogP contribution is -2.19. The van der Waals surface area contributed by atoms with Crippen molar-refractivity contribution in [1.82, 2.24) is 4.98 Å². The first-order valence-electron chi connectivity index (χ1n) is 10.4. The SMILES string of the molecule is O=C(CCCCCOc1ccc(NC(=O)Nc2ccc(Cl)cc2)cc1)Nc1ccccn1. The van der Waals surface area contributed by atoms with Gasteiger partial charge in [0.25, 0.3) is 0 Å². The first kappa shape index (κ1) is 23.1. The van der Waals surface area contributed by atoms with Crippen LogP contribution in [0, 0.1) is 0 Å². The Bertz CT molecular complexity index is 996. The molecule has 0 atom stereocenters. The Morgan fingerprint density at radius 2 is 1.50 bits per heavy atom. The van der Waals surface area contributed by atoms with Crippen LogP contribution in [0.5, 0.6) is 5.75 Å². The van der Waals surface area contributed by atoms with Crippen LogP contribution >= 0.6 is 11.6 Å². The molecule has 3 N–H and O–H groups in total. The lowest BCUT2D eigenvalue weighted by Gasteiger charge is -2.09. The minimum Gasteiger partial charge on any atom is -0.494 e. The molecule has 0 saturated heterocycles. The number of hydrogen-bond acceptors (Lipinski definition) is 4. The van der Waals surface area contributed by atoms with Crippen molar-refractivity contribution in [2.45, 2.75) is 25.7 Å². The minimum absolute atomic E-state index is 0.0344. The topological polar surface area (TPSA) is 92.3 Å². The molecule has 0 spiro atoms. The summed E-state index contributed by atoms with van der Waals surface area (Å²) in [6.07, 6.45) is 4.62. The highest BCUT2D eigenvalue weighted by Gasteiger charge is 2.04. The van der Waals surface area contributed by atoms with Crippen LogP contribution in [-0.4, -0.2) is 23.5 Å². The van der Waals surface area contributed by atoms with E-state index in [0.29, 0.717) is 35.2 Å². The second-order valence-electron chi connectivity index (χ2n) is 7.03. The van der Waals surface area contributed by atoms with E-state index in [1.54, 1.807) is 66.9 Å². The molecule has 3 amide bonds. The first-order valence-corrected chi connectivity index (χ1v) is 10.7. The van der Waals surface area contributed by atoms with Crippen LogP contribution in [0.4, 0.5) is 22.0 Å². The summed E-state index contributed by atoms with van der Waals surface area (Å²) in [6.45, 7) is 0.561. The molecule has 7 nitrogen and oxygen atoms in total. The first-order chi connectivity index (χ1) is 15.6. The number of pyridine rings is 1. The van der Waals surface area contributed by atoms with Crippen LogP contribution in [-0.2, 0) is 4.79 Å². The third kappa shape index (κ3) is 8.28. The fourth-order valence-electron chi connectivity index (χ4n) is 2.86. The molecule has 0 radical (unpaired) electrons. The second kappa shape index (κ2) is 12.3. The summed E-state index contributed by atoms with van der Waals surface area (Å²) in [7, 11) is 0. The molecule has 32 heavy (non-hydrogen) atoms. The van der Waals surface area contributed by atoms with Crippen LogP contribution in [0.25, 0.3) is 0 Å². The molecular weight excluding hydrogens is 428 g/mol. The maximum Gasteiger partial charge on any atom is 0.323 e. The van der Waals surface area contributed by atoms with Gasteiger partial charge >= 0.3 is 6.03 Å². The molecule has 3 rings (SSSR count). The minimum atomic E-state index is -0.340. The predicted octanol–water partition coefficient (Wildman–Crippen LogP) is 5.96. The van der Waals surface area contributed by atoms with Gasteiger partial charge in [-0.3, -0.25) is 4.79 Å². The average molecular weight is 453 g/mol. The number of aromatic nitrogens is 1. The van der Waals surface area contributed by atoms with Crippen molar-refractivity contribution in [1.29, 1.82) is 0 Å². The highest BCUT2D eigenvalue weighted by molar-refractivity contribution is 6.30. The number of urea groups is 1. The third-order valence-electron chi connectivity index (χ3n) is 4.46. The molecule has 2 aromatic carbocycles. The Balaban J connectivity index is 1.29. The van der Waals surface area contributed by atoms with Crippen LogP contribution in [0.1, 0.15) is 25.7 Å². The van der Waals surface area contributed by atoms with Gasteiger partial charge in [0.2, 0.25) is 5.91 Å².